The molecule has 1 fully saturated rings. The molecule has 0 saturated carbocycles. The summed E-state index contributed by atoms with van der Waals surface area (Å²) in [5.41, 5.74) is 9.00. The first-order valence-corrected chi connectivity index (χ1v) is 8.33. The van der Waals surface area contributed by atoms with E-state index in [9.17, 15) is 0 Å². The summed E-state index contributed by atoms with van der Waals surface area (Å²) in [5.74, 6) is 0.946. The molecule has 1 saturated heterocycles. The largest absolute Gasteiger partial charge is 0.371 e. The van der Waals surface area contributed by atoms with Gasteiger partial charge in [-0.3, -0.25) is 0 Å². The fourth-order valence-electron chi connectivity index (χ4n) is 3.29. The molecule has 0 aliphatic carbocycles. The van der Waals surface area contributed by atoms with Crippen molar-refractivity contribution in [3.8, 4) is 0 Å². The Morgan fingerprint density at radius 1 is 1.20 bits per heavy atom. The van der Waals surface area contributed by atoms with Crippen LogP contribution in [-0.2, 0) is 6.42 Å². The molecule has 2 N–H and O–H groups in total. The highest BCUT2D eigenvalue weighted by Crippen LogP contribution is 2.28. The maximum Gasteiger partial charge on any atom is 0.0399 e. The SMILES string of the molecule is CCCC1CCN(c2ccccc2CC(N)CC)CC1. The van der Waals surface area contributed by atoms with Gasteiger partial charge in [0.05, 0.1) is 0 Å². The van der Waals surface area contributed by atoms with Gasteiger partial charge in [-0.2, -0.15) is 0 Å². The summed E-state index contributed by atoms with van der Waals surface area (Å²) in [6.45, 7) is 6.89. The number of para-hydroxylation sites is 1. The third-order valence-electron chi connectivity index (χ3n) is 4.65. The molecule has 0 spiro atoms. The second-order valence-electron chi connectivity index (χ2n) is 6.22. The molecule has 1 aliphatic heterocycles. The van der Waals surface area contributed by atoms with Crippen LogP contribution in [0.5, 0.6) is 0 Å². The lowest BCUT2D eigenvalue weighted by atomic mass is 9.91. The Morgan fingerprint density at radius 3 is 2.55 bits per heavy atom. The summed E-state index contributed by atoms with van der Waals surface area (Å²) in [6.07, 6.45) is 7.47. The van der Waals surface area contributed by atoms with Crippen molar-refractivity contribution in [3.63, 3.8) is 0 Å². The van der Waals surface area contributed by atoms with Crippen LogP contribution in [0.2, 0.25) is 0 Å². The number of rotatable bonds is 6. The quantitative estimate of drug-likeness (QED) is 0.850. The van der Waals surface area contributed by atoms with E-state index in [1.165, 1.54) is 50.0 Å². The molecule has 1 heterocycles. The molecule has 2 rings (SSSR count). The van der Waals surface area contributed by atoms with E-state index in [4.69, 9.17) is 5.73 Å². The number of nitrogens with two attached hydrogens (primary N) is 1. The number of piperidine rings is 1. The summed E-state index contributed by atoms with van der Waals surface area (Å²) >= 11 is 0. The minimum Gasteiger partial charge on any atom is -0.371 e. The van der Waals surface area contributed by atoms with Gasteiger partial charge in [0.2, 0.25) is 0 Å². The Labute approximate surface area is 124 Å². The van der Waals surface area contributed by atoms with Crippen LogP contribution in [0.15, 0.2) is 24.3 Å². The fraction of sp³-hybridized carbons (Fsp3) is 0.667. The van der Waals surface area contributed by atoms with Crippen LogP contribution in [0.4, 0.5) is 5.69 Å². The van der Waals surface area contributed by atoms with E-state index in [0.717, 1.165) is 18.8 Å². The van der Waals surface area contributed by atoms with E-state index in [0.29, 0.717) is 0 Å². The molecular weight excluding hydrogens is 244 g/mol. The summed E-state index contributed by atoms with van der Waals surface area (Å²) in [5, 5.41) is 0. The van der Waals surface area contributed by atoms with Crippen LogP contribution in [0.1, 0.15) is 51.5 Å². The second kappa shape index (κ2) is 7.68. The Balaban J connectivity index is 2.02. The Morgan fingerprint density at radius 2 is 1.90 bits per heavy atom. The van der Waals surface area contributed by atoms with Gasteiger partial charge in [-0.25, -0.2) is 0 Å². The van der Waals surface area contributed by atoms with Gasteiger partial charge in [0.15, 0.2) is 0 Å². The Kier molecular flexibility index (Phi) is 5.90. The van der Waals surface area contributed by atoms with Crippen LogP contribution in [0.25, 0.3) is 0 Å². The van der Waals surface area contributed by atoms with Crippen molar-refractivity contribution in [2.24, 2.45) is 11.7 Å². The number of benzene rings is 1. The third kappa shape index (κ3) is 3.99. The van der Waals surface area contributed by atoms with Gasteiger partial charge >= 0.3 is 0 Å². The van der Waals surface area contributed by atoms with E-state index in [1.54, 1.807) is 0 Å². The molecule has 2 heteroatoms. The molecule has 0 bridgehead atoms. The molecule has 0 amide bonds. The highest BCUT2D eigenvalue weighted by atomic mass is 15.1. The van der Waals surface area contributed by atoms with E-state index in [-0.39, 0.29) is 6.04 Å². The first-order valence-electron chi connectivity index (χ1n) is 8.33. The summed E-state index contributed by atoms with van der Waals surface area (Å²) in [4.78, 5) is 2.57. The Bertz CT molecular complexity index is 394. The molecule has 1 atom stereocenters. The zero-order valence-corrected chi connectivity index (χ0v) is 13.1. The lowest BCUT2D eigenvalue weighted by Crippen LogP contribution is -2.34. The van der Waals surface area contributed by atoms with Gasteiger partial charge in [0.1, 0.15) is 0 Å². The Hall–Kier alpha value is -1.02. The molecular formula is C18H30N2. The molecule has 1 aromatic carbocycles. The van der Waals surface area contributed by atoms with Gasteiger partial charge < -0.3 is 10.6 Å². The molecule has 2 nitrogen and oxygen atoms in total. The van der Waals surface area contributed by atoms with E-state index in [1.807, 2.05) is 0 Å². The maximum atomic E-state index is 6.15. The van der Waals surface area contributed by atoms with Gasteiger partial charge in [-0.15, -0.1) is 0 Å². The van der Waals surface area contributed by atoms with Crippen LogP contribution in [0.3, 0.4) is 0 Å². The van der Waals surface area contributed by atoms with Gasteiger partial charge in [0.25, 0.3) is 0 Å². The summed E-state index contributed by atoms with van der Waals surface area (Å²) in [6, 6.07) is 9.12. The number of hydrogen-bond donors (Lipinski definition) is 1. The van der Waals surface area contributed by atoms with Crippen LogP contribution in [-0.4, -0.2) is 19.1 Å². The van der Waals surface area contributed by atoms with Crippen molar-refractivity contribution in [2.45, 2.75) is 58.4 Å². The van der Waals surface area contributed by atoms with Crippen molar-refractivity contribution < 1.29 is 0 Å². The molecule has 0 radical (unpaired) electrons. The van der Waals surface area contributed by atoms with Crippen molar-refractivity contribution in [1.29, 1.82) is 0 Å². The lowest BCUT2D eigenvalue weighted by molar-refractivity contribution is 0.378. The first-order chi connectivity index (χ1) is 9.74. The number of nitrogens with zero attached hydrogens (tertiary/aromatic N) is 1. The normalized spacial score (nSPS) is 18.2. The molecule has 1 aromatic rings. The lowest BCUT2D eigenvalue weighted by Gasteiger charge is -2.35. The zero-order valence-electron chi connectivity index (χ0n) is 13.1. The van der Waals surface area contributed by atoms with Gasteiger partial charge in [-0.05, 0) is 43.2 Å². The molecule has 0 aromatic heterocycles. The van der Waals surface area contributed by atoms with Crippen LogP contribution in [0, 0.1) is 5.92 Å². The van der Waals surface area contributed by atoms with E-state index >= 15 is 0 Å². The van der Waals surface area contributed by atoms with E-state index < -0.39 is 0 Å². The minimum absolute atomic E-state index is 0.286. The third-order valence-corrected chi connectivity index (χ3v) is 4.65. The first kappa shape index (κ1) is 15.4. The highest BCUT2D eigenvalue weighted by Gasteiger charge is 2.20. The maximum absolute atomic E-state index is 6.15. The second-order valence-corrected chi connectivity index (χ2v) is 6.22. The van der Waals surface area contributed by atoms with Crippen molar-refractivity contribution in [2.75, 3.05) is 18.0 Å². The summed E-state index contributed by atoms with van der Waals surface area (Å²) < 4.78 is 0. The van der Waals surface area contributed by atoms with Crippen LogP contribution < -0.4 is 10.6 Å². The molecule has 112 valence electrons. The molecule has 1 unspecified atom stereocenters. The standard InChI is InChI=1S/C18H30N2/c1-3-7-15-10-12-20(13-11-15)18-9-6-5-8-16(18)14-17(19)4-2/h5-6,8-9,15,17H,3-4,7,10-14,19H2,1-2H3. The smallest absolute Gasteiger partial charge is 0.0399 e. The minimum atomic E-state index is 0.286. The van der Waals surface area contributed by atoms with Gasteiger partial charge in [-0.1, -0.05) is 44.9 Å². The predicted octanol–water partition coefficient (Wildman–Crippen LogP) is 3.98. The molecule has 20 heavy (non-hydrogen) atoms. The topological polar surface area (TPSA) is 29.3 Å². The zero-order chi connectivity index (χ0) is 14.4. The average molecular weight is 274 g/mol. The van der Waals surface area contributed by atoms with Gasteiger partial charge in [0, 0.05) is 24.8 Å². The number of anilines is 1. The van der Waals surface area contributed by atoms with Crippen LogP contribution >= 0.6 is 0 Å². The predicted molar refractivity (Wildman–Crippen MR) is 88.3 cm³/mol. The summed E-state index contributed by atoms with van der Waals surface area (Å²) in [7, 11) is 0. The van der Waals surface area contributed by atoms with Crippen molar-refractivity contribution in [1.82, 2.24) is 0 Å². The van der Waals surface area contributed by atoms with E-state index in [2.05, 4.69) is 43.0 Å². The average Bonchev–Trinajstić information content (AvgIpc) is 2.49. The number of hydrogen-bond acceptors (Lipinski definition) is 2. The van der Waals surface area contributed by atoms with Crippen molar-refractivity contribution in [3.05, 3.63) is 29.8 Å². The fourth-order valence-corrected chi connectivity index (χ4v) is 3.29. The highest BCUT2D eigenvalue weighted by molar-refractivity contribution is 5.54. The monoisotopic (exact) mass is 274 g/mol. The molecule has 1 aliphatic rings. The van der Waals surface area contributed by atoms with Crippen molar-refractivity contribution >= 4 is 5.69 Å².